The zero-order valence-electron chi connectivity index (χ0n) is 13.5. The molecular formula is C17H24FN3O2. The van der Waals surface area contributed by atoms with Gasteiger partial charge in [0.1, 0.15) is 11.9 Å². The number of carbonyl (C=O) groups excluding carboxylic acids is 2. The molecule has 6 heteroatoms. The van der Waals surface area contributed by atoms with Gasteiger partial charge in [0.2, 0.25) is 5.91 Å². The summed E-state index contributed by atoms with van der Waals surface area (Å²) in [5, 5.41) is 5.60. The fourth-order valence-electron chi connectivity index (χ4n) is 2.74. The van der Waals surface area contributed by atoms with Gasteiger partial charge >= 0.3 is 6.03 Å². The lowest BCUT2D eigenvalue weighted by Gasteiger charge is -2.35. The van der Waals surface area contributed by atoms with Crippen LogP contribution in [0.15, 0.2) is 24.3 Å². The number of piperazine rings is 1. The standard InChI is InChI=1S/C17H24FN3O2/c1-2-3-4-5-9-20-17(23)21-11-10-19-16(22)15(21)13-7-6-8-14(18)12-13/h6-8,12,15H,2-5,9-11H2,1H3,(H,19,22)(H,20,23)/t15-/m1/s1. The predicted molar refractivity (Wildman–Crippen MR) is 86.4 cm³/mol. The monoisotopic (exact) mass is 321 g/mol. The van der Waals surface area contributed by atoms with Crippen molar-refractivity contribution in [3.63, 3.8) is 0 Å². The molecule has 1 aromatic rings. The Labute approximate surface area is 136 Å². The molecule has 1 aliphatic rings. The largest absolute Gasteiger partial charge is 0.352 e. The van der Waals surface area contributed by atoms with Crippen LogP contribution in [0.4, 0.5) is 9.18 Å². The fraction of sp³-hybridized carbons (Fsp3) is 0.529. The van der Waals surface area contributed by atoms with Gasteiger partial charge in [0.15, 0.2) is 0 Å². The first kappa shape index (κ1) is 17.2. The number of halogens is 1. The highest BCUT2D eigenvalue weighted by Crippen LogP contribution is 2.23. The highest BCUT2D eigenvalue weighted by atomic mass is 19.1. The van der Waals surface area contributed by atoms with Crippen molar-refractivity contribution in [1.82, 2.24) is 15.5 Å². The number of unbranched alkanes of at least 4 members (excludes halogenated alkanes) is 3. The van der Waals surface area contributed by atoms with Crippen molar-refractivity contribution in [2.45, 2.75) is 38.6 Å². The predicted octanol–water partition coefficient (Wildman–Crippen LogP) is 2.59. The average Bonchev–Trinajstić information content (AvgIpc) is 2.54. The first-order valence-electron chi connectivity index (χ1n) is 8.21. The molecule has 23 heavy (non-hydrogen) atoms. The fourth-order valence-corrected chi connectivity index (χ4v) is 2.74. The maximum atomic E-state index is 13.4. The summed E-state index contributed by atoms with van der Waals surface area (Å²) < 4.78 is 13.4. The van der Waals surface area contributed by atoms with E-state index >= 15 is 0 Å². The molecule has 1 atom stereocenters. The second-order valence-electron chi connectivity index (χ2n) is 5.73. The van der Waals surface area contributed by atoms with Gasteiger partial charge in [-0.25, -0.2) is 9.18 Å². The van der Waals surface area contributed by atoms with Crippen LogP contribution < -0.4 is 10.6 Å². The van der Waals surface area contributed by atoms with E-state index in [4.69, 9.17) is 0 Å². The summed E-state index contributed by atoms with van der Waals surface area (Å²) in [4.78, 5) is 26.0. The van der Waals surface area contributed by atoms with E-state index in [1.807, 2.05) is 0 Å². The van der Waals surface area contributed by atoms with Gasteiger partial charge in [0, 0.05) is 19.6 Å². The minimum atomic E-state index is -0.782. The second-order valence-corrected chi connectivity index (χ2v) is 5.73. The SMILES string of the molecule is CCCCCCNC(=O)N1CCNC(=O)[C@H]1c1cccc(F)c1. The minimum absolute atomic E-state index is 0.273. The van der Waals surface area contributed by atoms with Gasteiger partial charge in [0.25, 0.3) is 0 Å². The van der Waals surface area contributed by atoms with E-state index in [-0.39, 0.29) is 11.9 Å². The molecule has 0 radical (unpaired) electrons. The van der Waals surface area contributed by atoms with Gasteiger partial charge in [-0.1, -0.05) is 38.3 Å². The van der Waals surface area contributed by atoms with Crippen molar-refractivity contribution < 1.29 is 14.0 Å². The van der Waals surface area contributed by atoms with Crippen molar-refractivity contribution in [2.75, 3.05) is 19.6 Å². The van der Waals surface area contributed by atoms with Gasteiger partial charge < -0.3 is 15.5 Å². The van der Waals surface area contributed by atoms with E-state index in [0.29, 0.717) is 25.2 Å². The highest BCUT2D eigenvalue weighted by Gasteiger charge is 2.34. The molecule has 1 heterocycles. The van der Waals surface area contributed by atoms with Crippen LogP contribution in [0.1, 0.15) is 44.2 Å². The van der Waals surface area contributed by atoms with Gasteiger partial charge in [-0.2, -0.15) is 0 Å². The third-order valence-corrected chi connectivity index (χ3v) is 3.94. The molecule has 0 aliphatic carbocycles. The second kappa shape index (κ2) is 8.50. The maximum Gasteiger partial charge on any atom is 0.318 e. The Bertz CT molecular complexity index is 550. The van der Waals surface area contributed by atoms with Crippen molar-refractivity contribution in [3.8, 4) is 0 Å². The molecule has 1 saturated heterocycles. The molecule has 126 valence electrons. The number of hydrogen-bond donors (Lipinski definition) is 2. The average molecular weight is 321 g/mol. The van der Waals surface area contributed by atoms with E-state index in [1.165, 1.54) is 17.0 Å². The quantitative estimate of drug-likeness (QED) is 0.791. The Morgan fingerprint density at radius 1 is 1.39 bits per heavy atom. The lowest BCUT2D eigenvalue weighted by Crippen LogP contribution is -2.54. The van der Waals surface area contributed by atoms with Gasteiger partial charge in [-0.15, -0.1) is 0 Å². The Balaban J connectivity index is 2.02. The molecule has 2 N–H and O–H groups in total. The molecule has 1 fully saturated rings. The highest BCUT2D eigenvalue weighted by molar-refractivity contribution is 5.89. The number of benzene rings is 1. The Morgan fingerprint density at radius 2 is 2.22 bits per heavy atom. The molecule has 0 unspecified atom stereocenters. The lowest BCUT2D eigenvalue weighted by molar-refractivity contribution is -0.127. The summed E-state index contributed by atoms with van der Waals surface area (Å²) in [5.41, 5.74) is 0.489. The molecule has 5 nitrogen and oxygen atoms in total. The molecular weight excluding hydrogens is 297 g/mol. The molecule has 0 bridgehead atoms. The van der Waals surface area contributed by atoms with Crippen molar-refractivity contribution in [3.05, 3.63) is 35.6 Å². The van der Waals surface area contributed by atoms with Crippen LogP contribution in [-0.4, -0.2) is 36.5 Å². The summed E-state index contributed by atoms with van der Waals surface area (Å²) in [7, 11) is 0. The maximum absolute atomic E-state index is 13.4. The summed E-state index contributed by atoms with van der Waals surface area (Å²) in [6.07, 6.45) is 4.28. The lowest BCUT2D eigenvalue weighted by atomic mass is 10.0. The number of urea groups is 1. The zero-order valence-corrected chi connectivity index (χ0v) is 13.5. The molecule has 2 rings (SSSR count). The van der Waals surface area contributed by atoms with Crippen LogP contribution in [0.3, 0.4) is 0 Å². The number of nitrogens with zero attached hydrogens (tertiary/aromatic N) is 1. The van der Waals surface area contributed by atoms with E-state index in [0.717, 1.165) is 25.7 Å². The number of hydrogen-bond acceptors (Lipinski definition) is 2. The third kappa shape index (κ3) is 4.68. The number of amides is 3. The van der Waals surface area contributed by atoms with Crippen LogP contribution in [0.5, 0.6) is 0 Å². The van der Waals surface area contributed by atoms with E-state index < -0.39 is 11.9 Å². The van der Waals surface area contributed by atoms with Gasteiger partial charge in [-0.05, 0) is 24.1 Å². The Kier molecular flexibility index (Phi) is 6.38. The topological polar surface area (TPSA) is 61.4 Å². The molecule has 3 amide bonds. The van der Waals surface area contributed by atoms with Crippen molar-refractivity contribution in [1.29, 1.82) is 0 Å². The summed E-state index contributed by atoms with van der Waals surface area (Å²) in [5.74, 6) is -0.691. The summed E-state index contributed by atoms with van der Waals surface area (Å²) in [6, 6.07) is 4.79. The molecule has 1 aromatic carbocycles. The van der Waals surface area contributed by atoms with E-state index in [1.54, 1.807) is 12.1 Å². The van der Waals surface area contributed by atoms with E-state index in [9.17, 15) is 14.0 Å². The zero-order chi connectivity index (χ0) is 16.7. The van der Waals surface area contributed by atoms with Crippen LogP contribution >= 0.6 is 0 Å². The molecule has 0 saturated carbocycles. The van der Waals surface area contributed by atoms with E-state index in [2.05, 4.69) is 17.6 Å². The Hall–Kier alpha value is -2.11. The normalized spacial score (nSPS) is 17.7. The number of carbonyl (C=O) groups is 2. The van der Waals surface area contributed by atoms with Gasteiger partial charge in [0.05, 0.1) is 0 Å². The third-order valence-electron chi connectivity index (χ3n) is 3.94. The minimum Gasteiger partial charge on any atom is -0.352 e. The van der Waals surface area contributed by atoms with Crippen LogP contribution in [-0.2, 0) is 4.79 Å². The molecule has 0 spiro atoms. The van der Waals surface area contributed by atoms with Gasteiger partial charge in [-0.3, -0.25) is 4.79 Å². The smallest absolute Gasteiger partial charge is 0.318 e. The first-order chi connectivity index (χ1) is 11.1. The molecule has 0 aromatic heterocycles. The summed E-state index contributed by atoms with van der Waals surface area (Å²) >= 11 is 0. The summed E-state index contributed by atoms with van der Waals surface area (Å²) in [6.45, 7) is 3.54. The van der Waals surface area contributed by atoms with Crippen molar-refractivity contribution in [2.24, 2.45) is 0 Å². The van der Waals surface area contributed by atoms with Crippen LogP contribution in [0, 0.1) is 5.82 Å². The van der Waals surface area contributed by atoms with Crippen LogP contribution in [0.25, 0.3) is 0 Å². The molecule has 1 aliphatic heterocycles. The van der Waals surface area contributed by atoms with Crippen LogP contribution in [0.2, 0.25) is 0 Å². The van der Waals surface area contributed by atoms with Crippen molar-refractivity contribution >= 4 is 11.9 Å². The number of rotatable bonds is 6. The first-order valence-corrected chi connectivity index (χ1v) is 8.21. The number of nitrogens with one attached hydrogen (secondary N) is 2. The Morgan fingerprint density at radius 3 is 2.96 bits per heavy atom.